The van der Waals surface area contributed by atoms with Crippen molar-refractivity contribution in [2.45, 2.75) is 19.9 Å². The van der Waals surface area contributed by atoms with Gasteiger partial charge in [0.1, 0.15) is 0 Å². The van der Waals surface area contributed by atoms with Crippen molar-refractivity contribution in [2.75, 3.05) is 0 Å². The van der Waals surface area contributed by atoms with Crippen LogP contribution < -0.4 is 5.56 Å². The maximum Gasteiger partial charge on any atom is 0.276 e. The minimum absolute atomic E-state index is 0.0404. The van der Waals surface area contributed by atoms with E-state index in [9.17, 15) is 4.79 Å². The third-order valence-electron chi connectivity index (χ3n) is 3.20. The van der Waals surface area contributed by atoms with E-state index in [0.29, 0.717) is 18.8 Å². The molecular weight excluding hydrogens is 254 g/mol. The summed E-state index contributed by atoms with van der Waals surface area (Å²) in [6.45, 7) is 2.57. The lowest BCUT2D eigenvalue weighted by molar-refractivity contribution is 0.730. The highest BCUT2D eigenvalue weighted by Gasteiger charge is 2.14. The molecule has 3 heterocycles. The lowest BCUT2D eigenvalue weighted by Crippen LogP contribution is -2.17. The largest absolute Gasteiger partial charge is 0.332 e. The average Bonchev–Trinajstić information content (AvgIpc) is 3.08. The first-order valence-electron chi connectivity index (χ1n) is 6.49. The zero-order chi connectivity index (χ0) is 13.9. The van der Waals surface area contributed by atoms with Gasteiger partial charge in [-0.15, -0.1) is 0 Å². The number of rotatable bonds is 4. The Labute approximate surface area is 115 Å². The van der Waals surface area contributed by atoms with Crippen LogP contribution in [0.25, 0.3) is 5.82 Å². The molecule has 0 aliphatic carbocycles. The summed E-state index contributed by atoms with van der Waals surface area (Å²) in [5.41, 5.74) is 1.63. The minimum Gasteiger partial charge on any atom is -0.332 e. The van der Waals surface area contributed by atoms with Crippen molar-refractivity contribution in [3.63, 3.8) is 0 Å². The van der Waals surface area contributed by atoms with Gasteiger partial charge in [-0.05, 0) is 18.6 Å². The summed E-state index contributed by atoms with van der Waals surface area (Å²) < 4.78 is 3.41. The first-order chi connectivity index (χ1) is 9.79. The average molecular weight is 269 g/mol. The zero-order valence-corrected chi connectivity index (χ0v) is 11.2. The smallest absolute Gasteiger partial charge is 0.276 e. The number of nitrogens with zero attached hydrogens (tertiary/aromatic N) is 4. The molecular formula is C14H15N5O. The monoisotopic (exact) mass is 269 g/mol. The number of aromatic amines is 1. The molecule has 102 valence electrons. The first-order valence-corrected chi connectivity index (χ1v) is 6.49. The summed E-state index contributed by atoms with van der Waals surface area (Å²) in [6.07, 6.45) is 7.67. The molecule has 3 aromatic heterocycles. The fraction of sp³-hybridized carbons (Fsp3) is 0.214. The van der Waals surface area contributed by atoms with Crippen molar-refractivity contribution < 1.29 is 0 Å². The van der Waals surface area contributed by atoms with Crippen LogP contribution in [0.2, 0.25) is 0 Å². The Morgan fingerprint density at radius 3 is 2.85 bits per heavy atom. The molecule has 0 atom stereocenters. The van der Waals surface area contributed by atoms with Crippen LogP contribution in [0.3, 0.4) is 0 Å². The van der Waals surface area contributed by atoms with E-state index >= 15 is 0 Å². The Kier molecular flexibility index (Phi) is 3.20. The molecule has 0 spiro atoms. The number of hydrogen-bond acceptors (Lipinski definition) is 3. The molecule has 0 bridgehead atoms. The zero-order valence-electron chi connectivity index (χ0n) is 11.2. The molecule has 0 radical (unpaired) electrons. The van der Waals surface area contributed by atoms with Gasteiger partial charge in [0.05, 0.1) is 18.6 Å². The molecule has 0 amide bonds. The van der Waals surface area contributed by atoms with E-state index in [-0.39, 0.29) is 5.56 Å². The molecule has 0 saturated heterocycles. The van der Waals surface area contributed by atoms with Gasteiger partial charge in [0.2, 0.25) is 0 Å². The first kappa shape index (κ1) is 12.4. The summed E-state index contributed by atoms with van der Waals surface area (Å²) in [6, 6.07) is 5.49. The maximum atomic E-state index is 12.4. The van der Waals surface area contributed by atoms with Gasteiger partial charge in [-0.3, -0.25) is 9.89 Å². The maximum absolute atomic E-state index is 12.4. The second-order valence-corrected chi connectivity index (χ2v) is 4.49. The van der Waals surface area contributed by atoms with E-state index in [1.807, 2.05) is 29.8 Å². The molecule has 0 fully saturated rings. The number of nitrogens with one attached hydrogen (secondary N) is 1. The summed E-state index contributed by atoms with van der Waals surface area (Å²) in [5, 5.41) is 3.15. The van der Waals surface area contributed by atoms with Crippen molar-refractivity contribution in [3.05, 3.63) is 64.7 Å². The predicted molar refractivity (Wildman–Crippen MR) is 74.9 cm³/mol. The number of aromatic nitrogens is 5. The van der Waals surface area contributed by atoms with Crippen molar-refractivity contribution in [3.8, 4) is 5.82 Å². The Bertz CT molecular complexity index is 740. The molecule has 3 aromatic rings. The molecule has 3 rings (SSSR count). The Morgan fingerprint density at radius 1 is 1.30 bits per heavy atom. The SMILES string of the molecule is CCc1c(Cn2ccnc2)[nH]n(-c2ccccn2)c1=O. The van der Waals surface area contributed by atoms with Crippen LogP contribution >= 0.6 is 0 Å². The highest BCUT2D eigenvalue weighted by molar-refractivity contribution is 5.26. The molecule has 0 aliphatic rings. The van der Waals surface area contributed by atoms with Crippen LogP contribution in [0.4, 0.5) is 0 Å². The molecule has 0 unspecified atom stereocenters. The standard InChI is InChI=1S/C14H15N5O/c1-2-11-12(9-18-8-7-15-10-18)17-19(14(11)20)13-5-3-4-6-16-13/h3-8,10,17H,2,9H2,1H3. The fourth-order valence-electron chi connectivity index (χ4n) is 2.22. The lowest BCUT2D eigenvalue weighted by atomic mass is 10.2. The van der Waals surface area contributed by atoms with Crippen LogP contribution in [0.15, 0.2) is 47.9 Å². The summed E-state index contributed by atoms with van der Waals surface area (Å²) in [7, 11) is 0. The van der Waals surface area contributed by atoms with Crippen LogP contribution in [0, 0.1) is 0 Å². The van der Waals surface area contributed by atoms with E-state index in [1.54, 1.807) is 24.8 Å². The Morgan fingerprint density at radius 2 is 2.20 bits per heavy atom. The Hall–Kier alpha value is -2.63. The third kappa shape index (κ3) is 2.16. The van der Waals surface area contributed by atoms with E-state index in [1.165, 1.54) is 4.68 Å². The summed E-state index contributed by atoms with van der Waals surface area (Å²) in [4.78, 5) is 20.6. The van der Waals surface area contributed by atoms with Gasteiger partial charge in [-0.2, -0.15) is 0 Å². The summed E-state index contributed by atoms with van der Waals surface area (Å²) in [5.74, 6) is 0.601. The van der Waals surface area contributed by atoms with Gasteiger partial charge in [-0.1, -0.05) is 13.0 Å². The molecule has 6 heteroatoms. The molecule has 6 nitrogen and oxygen atoms in total. The molecule has 0 aliphatic heterocycles. The summed E-state index contributed by atoms with van der Waals surface area (Å²) >= 11 is 0. The molecule has 1 N–H and O–H groups in total. The lowest BCUT2D eigenvalue weighted by Gasteiger charge is -2.02. The Balaban J connectivity index is 2.06. The molecule has 20 heavy (non-hydrogen) atoms. The third-order valence-corrected chi connectivity index (χ3v) is 3.20. The van der Waals surface area contributed by atoms with E-state index in [2.05, 4.69) is 15.1 Å². The van der Waals surface area contributed by atoms with Gasteiger partial charge < -0.3 is 4.57 Å². The van der Waals surface area contributed by atoms with Gasteiger partial charge in [0.15, 0.2) is 5.82 Å². The second-order valence-electron chi connectivity index (χ2n) is 4.49. The van der Waals surface area contributed by atoms with E-state index in [4.69, 9.17) is 0 Å². The van der Waals surface area contributed by atoms with Crippen LogP contribution in [-0.4, -0.2) is 24.3 Å². The highest BCUT2D eigenvalue weighted by Crippen LogP contribution is 2.08. The van der Waals surface area contributed by atoms with Crippen LogP contribution in [-0.2, 0) is 13.0 Å². The quantitative estimate of drug-likeness (QED) is 0.777. The molecule has 0 saturated carbocycles. The van der Waals surface area contributed by atoms with Gasteiger partial charge in [-0.25, -0.2) is 14.6 Å². The van der Waals surface area contributed by atoms with Crippen LogP contribution in [0.5, 0.6) is 0 Å². The van der Waals surface area contributed by atoms with Crippen molar-refractivity contribution >= 4 is 0 Å². The molecule has 0 aromatic carbocycles. The highest BCUT2D eigenvalue weighted by atomic mass is 16.1. The van der Waals surface area contributed by atoms with E-state index in [0.717, 1.165) is 11.3 Å². The van der Waals surface area contributed by atoms with Gasteiger partial charge >= 0.3 is 0 Å². The topological polar surface area (TPSA) is 68.5 Å². The van der Waals surface area contributed by atoms with Gasteiger partial charge in [0, 0.05) is 24.2 Å². The normalized spacial score (nSPS) is 10.8. The van der Waals surface area contributed by atoms with Crippen molar-refractivity contribution in [2.24, 2.45) is 0 Å². The second kappa shape index (κ2) is 5.16. The minimum atomic E-state index is -0.0404. The number of H-pyrrole nitrogens is 1. The fourth-order valence-corrected chi connectivity index (χ4v) is 2.22. The number of pyridine rings is 1. The van der Waals surface area contributed by atoms with Crippen molar-refractivity contribution in [1.82, 2.24) is 24.3 Å². The van der Waals surface area contributed by atoms with Crippen molar-refractivity contribution in [1.29, 1.82) is 0 Å². The van der Waals surface area contributed by atoms with Gasteiger partial charge in [0.25, 0.3) is 5.56 Å². The van der Waals surface area contributed by atoms with Crippen LogP contribution in [0.1, 0.15) is 18.2 Å². The van der Waals surface area contributed by atoms with E-state index < -0.39 is 0 Å². The predicted octanol–water partition coefficient (Wildman–Crippen LogP) is 1.37. The number of hydrogen-bond donors (Lipinski definition) is 1. The number of imidazole rings is 1.